The van der Waals surface area contributed by atoms with Gasteiger partial charge in [-0.25, -0.2) is 4.79 Å². The Kier molecular flexibility index (Phi) is 5.26. The maximum absolute atomic E-state index is 11.9. The number of ether oxygens (including phenoxy) is 1. The number of rotatable bonds is 5. The van der Waals surface area contributed by atoms with Crippen LogP contribution in [0.25, 0.3) is 0 Å². The summed E-state index contributed by atoms with van der Waals surface area (Å²) in [6.45, 7) is 0.542. The van der Waals surface area contributed by atoms with Gasteiger partial charge in [0.2, 0.25) is 0 Å². The van der Waals surface area contributed by atoms with Gasteiger partial charge in [-0.1, -0.05) is 34.1 Å². The van der Waals surface area contributed by atoms with Gasteiger partial charge in [-0.3, -0.25) is 10.3 Å². The second kappa shape index (κ2) is 7.17. The molecule has 5 heteroatoms. The molecule has 0 saturated heterocycles. The maximum Gasteiger partial charge on any atom is 0.327 e. The number of methoxy groups -OCH3 is 1. The third-order valence-corrected chi connectivity index (χ3v) is 3.35. The first-order valence-electron chi connectivity index (χ1n) is 6.16. The number of halogens is 1. The Morgan fingerprint density at radius 1 is 1.40 bits per heavy atom. The average molecular weight is 335 g/mol. The molecule has 0 radical (unpaired) electrons. The van der Waals surface area contributed by atoms with Crippen LogP contribution in [0.15, 0.2) is 53.3 Å². The monoisotopic (exact) mass is 334 g/mol. The Bertz CT molecular complexity index is 575. The van der Waals surface area contributed by atoms with E-state index in [4.69, 9.17) is 4.74 Å². The van der Waals surface area contributed by atoms with Crippen LogP contribution in [0.3, 0.4) is 0 Å². The number of nitrogens with zero attached hydrogens (tertiary/aromatic N) is 1. The molecule has 0 spiro atoms. The van der Waals surface area contributed by atoms with E-state index in [2.05, 4.69) is 26.2 Å². The van der Waals surface area contributed by atoms with Crippen molar-refractivity contribution in [3.05, 3.63) is 64.4 Å². The number of carbonyl (C=O) groups excluding carboxylic acids is 1. The highest BCUT2D eigenvalue weighted by Gasteiger charge is 2.20. The normalized spacial score (nSPS) is 11.9. The van der Waals surface area contributed by atoms with Gasteiger partial charge in [-0.05, 0) is 29.3 Å². The van der Waals surface area contributed by atoms with Crippen LogP contribution >= 0.6 is 15.9 Å². The average Bonchev–Trinajstić information content (AvgIpc) is 2.48. The smallest absolute Gasteiger partial charge is 0.327 e. The van der Waals surface area contributed by atoms with E-state index in [9.17, 15) is 4.79 Å². The van der Waals surface area contributed by atoms with E-state index >= 15 is 0 Å². The third-order valence-electron chi connectivity index (χ3n) is 2.85. The number of nitrogens with one attached hydrogen (secondary N) is 1. The molecule has 0 unspecified atom stereocenters. The highest BCUT2D eigenvalue weighted by atomic mass is 79.9. The highest BCUT2D eigenvalue weighted by molar-refractivity contribution is 9.10. The molecule has 2 rings (SSSR count). The van der Waals surface area contributed by atoms with Crippen molar-refractivity contribution in [3.63, 3.8) is 0 Å². The fraction of sp³-hybridized carbons (Fsp3) is 0.200. The second-order valence-corrected chi connectivity index (χ2v) is 5.17. The molecule has 2 aromatic rings. The Hall–Kier alpha value is -1.72. The first kappa shape index (κ1) is 14.7. The molecule has 0 aliphatic heterocycles. The van der Waals surface area contributed by atoms with Crippen molar-refractivity contribution in [3.8, 4) is 0 Å². The van der Waals surface area contributed by atoms with E-state index in [1.165, 1.54) is 7.11 Å². The predicted molar refractivity (Wildman–Crippen MR) is 80.0 cm³/mol. The van der Waals surface area contributed by atoms with E-state index in [-0.39, 0.29) is 5.97 Å². The molecule has 0 aliphatic carbocycles. The van der Waals surface area contributed by atoms with Crippen LogP contribution < -0.4 is 5.32 Å². The number of esters is 1. The van der Waals surface area contributed by atoms with Gasteiger partial charge < -0.3 is 4.74 Å². The minimum Gasteiger partial charge on any atom is -0.468 e. The van der Waals surface area contributed by atoms with Gasteiger partial charge in [0.25, 0.3) is 0 Å². The summed E-state index contributed by atoms with van der Waals surface area (Å²) in [4.78, 5) is 16.0. The van der Waals surface area contributed by atoms with Gasteiger partial charge >= 0.3 is 5.97 Å². The van der Waals surface area contributed by atoms with Gasteiger partial charge in [0.15, 0.2) is 0 Å². The molecule has 0 amide bonds. The highest BCUT2D eigenvalue weighted by Crippen LogP contribution is 2.19. The molecule has 0 aliphatic rings. The fourth-order valence-corrected chi connectivity index (χ4v) is 2.28. The zero-order valence-electron chi connectivity index (χ0n) is 11.0. The number of hydrogen-bond donors (Lipinski definition) is 1. The number of carbonyl (C=O) groups is 1. The Labute approximate surface area is 126 Å². The predicted octanol–water partition coefficient (Wildman–Crippen LogP) is 2.85. The Morgan fingerprint density at radius 3 is 2.90 bits per heavy atom. The van der Waals surface area contributed by atoms with Crippen molar-refractivity contribution in [2.24, 2.45) is 0 Å². The van der Waals surface area contributed by atoms with Crippen LogP contribution in [0.5, 0.6) is 0 Å². The number of pyridine rings is 1. The summed E-state index contributed by atoms with van der Waals surface area (Å²) in [6.07, 6.45) is 3.48. The number of hydrogen-bond acceptors (Lipinski definition) is 4. The second-order valence-electron chi connectivity index (χ2n) is 4.25. The Balaban J connectivity index is 2.14. The SMILES string of the molecule is COC(=O)[C@@H](NCc1cccnc1)c1cccc(Br)c1. The lowest BCUT2D eigenvalue weighted by molar-refractivity contribution is -0.143. The van der Waals surface area contributed by atoms with Crippen molar-refractivity contribution >= 4 is 21.9 Å². The lowest BCUT2D eigenvalue weighted by Crippen LogP contribution is -2.29. The van der Waals surface area contributed by atoms with E-state index in [0.29, 0.717) is 6.54 Å². The van der Waals surface area contributed by atoms with Crippen LogP contribution in [0, 0.1) is 0 Å². The minimum absolute atomic E-state index is 0.313. The van der Waals surface area contributed by atoms with Crippen LogP contribution in [-0.4, -0.2) is 18.1 Å². The zero-order chi connectivity index (χ0) is 14.4. The van der Waals surface area contributed by atoms with Gasteiger partial charge in [-0.15, -0.1) is 0 Å². The van der Waals surface area contributed by atoms with Crippen LogP contribution in [0.2, 0.25) is 0 Å². The lowest BCUT2D eigenvalue weighted by atomic mass is 10.1. The number of benzene rings is 1. The molecule has 1 heterocycles. The molecular weight excluding hydrogens is 320 g/mol. The van der Waals surface area contributed by atoms with Crippen LogP contribution in [-0.2, 0) is 16.1 Å². The third kappa shape index (κ3) is 3.88. The van der Waals surface area contributed by atoms with Crippen molar-refractivity contribution in [1.29, 1.82) is 0 Å². The quantitative estimate of drug-likeness (QED) is 0.854. The first-order chi connectivity index (χ1) is 9.70. The van der Waals surface area contributed by atoms with E-state index in [0.717, 1.165) is 15.6 Å². The van der Waals surface area contributed by atoms with Crippen molar-refractivity contribution in [1.82, 2.24) is 10.3 Å². The summed E-state index contributed by atoms with van der Waals surface area (Å²) in [5.74, 6) is -0.313. The summed E-state index contributed by atoms with van der Waals surface area (Å²) >= 11 is 3.41. The zero-order valence-corrected chi connectivity index (χ0v) is 12.6. The largest absolute Gasteiger partial charge is 0.468 e. The molecule has 0 fully saturated rings. The van der Waals surface area contributed by atoms with Crippen molar-refractivity contribution in [2.45, 2.75) is 12.6 Å². The van der Waals surface area contributed by atoms with Crippen molar-refractivity contribution < 1.29 is 9.53 Å². The molecule has 20 heavy (non-hydrogen) atoms. The standard InChI is InChI=1S/C15H15BrN2O2/c1-20-15(19)14(12-5-2-6-13(16)8-12)18-10-11-4-3-7-17-9-11/h2-9,14,18H,10H2,1H3/t14-/m0/s1. The number of aromatic nitrogens is 1. The summed E-state index contributed by atoms with van der Waals surface area (Å²) in [5, 5.41) is 3.19. The molecule has 1 N–H and O–H groups in total. The molecule has 1 atom stereocenters. The maximum atomic E-state index is 11.9. The molecule has 4 nitrogen and oxygen atoms in total. The van der Waals surface area contributed by atoms with Crippen LogP contribution in [0.1, 0.15) is 17.2 Å². The van der Waals surface area contributed by atoms with E-state index in [1.54, 1.807) is 12.4 Å². The van der Waals surface area contributed by atoms with Gasteiger partial charge in [-0.2, -0.15) is 0 Å². The molecule has 1 aromatic heterocycles. The topological polar surface area (TPSA) is 51.2 Å². The molecule has 104 valence electrons. The van der Waals surface area contributed by atoms with E-state index in [1.807, 2.05) is 36.4 Å². The van der Waals surface area contributed by atoms with Gasteiger partial charge in [0, 0.05) is 23.4 Å². The lowest BCUT2D eigenvalue weighted by Gasteiger charge is -2.17. The van der Waals surface area contributed by atoms with E-state index < -0.39 is 6.04 Å². The summed E-state index contributed by atoms with van der Waals surface area (Å²) in [6, 6.07) is 10.9. The Morgan fingerprint density at radius 2 is 2.25 bits per heavy atom. The molecule has 0 saturated carbocycles. The molecule has 1 aromatic carbocycles. The van der Waals surface area contributed by atoms with Crippen molar-refractivity contribution in [2.75, 3.05) is 7.11 Å². The molecule has 0 bridgehead atoms. The van der Waals surface area contributed by atoms with Gasteiger partial charge in [0.05, 0.1) is 7.11 Å². The molecular formula is C15H15BrN2O2. The van der Waals surface area contributed by atoms with Gasteiger partial charge in [0.1, 0.15) is 6.04 Å². The summed E-state index contributed by atoms with van der Waals surface area (Å²) in [7, 11) is 1.39. The van der Waals surface area contributed by atoms with Crippen LogP contribution in [0.4, 0.5) is 0 Å². The summed E-state index contributed by atoms with van der Waals surface area (Å²) < 4.78 is 5.79. The minimum atomic E-state index is -0.502. The summed E-state index contributed by atoms with van der Waals surface area (Å²) in [5.41, 5.74) is 1.87. The first-order valence-corrected chi connectivity index (χ1v) is 6.95. The fourth-order valence-electron chi connectivity index (χ4n) is 1.86.